The van der Waals surface area contributed by atoms with Crippen LogP contribution in [-0.2, 0) is 4.79 Å². The third kappa shape index (κ3) is 3.03. The molecule has 1 unspecified atom stereocenters. The Bertz CT molecular complexity index is 195. The lowest BCUT2D eigenvalue weighted by molar-refractivity contribution is -0.143. The molecule has 1 aliphatic rings. The lowest BCUT2D eigenvalue weighted by atomic mass is 9.88. The van der Waals surface area contributed by atoms with Crippen molar-refractivity contribution in [2.45, 2.75) is 32.1 Å². The van der Waals surface area contributed by atoms with Gasteiger partial charge >= 0.3 is 5.97 Å². The third-order valence-electron chi connectivity index (χ3n) is 2.77. The zero-order chi connectivity index (χ0) is 9.68. The third-order valence-corrected chi connectivity index (χ3v) is 2.94. The predicted molar refractivity (Wildman–Crippen MR) is 52.7 cm³/mol. The molecule has 74 valence electrons. The molecule has 1 atom stereocenters. The van der Waals surface area contributed by atoms with Crippen molar-refractivity contribution in [2.75, 3.05) is 0 Å². The lowest BCUT2D eigenvalue weighted by Crippen LogP contribution is -2.20. The highest BCUT2D eigenvalue weighted by Gasteiger charge is 2.29. The maximum atomic E-state index is 10.9. The average Bonchev–Trinajstić information content (AvgIpc) is 2.57. The zero-order valence-electron chi connectivity index (χ0n) is 7.58. The highest BCUT2D eigenvalue weighted by Crippen LogP contribution is 2.33. The van der Waals surface area contributed by atoms with Crippen LogP contribution in [-0.4, -0.2) is 11.1 Å². The summed E-state index contributed by atoms with van der Waals surface area (Å²) in [6, 6.07) is 0. The number of hydrogen-bond acceptors (Lipinski definition) is 1. The number of rotatable bonds is 4. The molecule has 0 spiro atoms. The predicted octanol–water partition coefficient (Wildman–Crippen LogP) is 3.02. The van der Waals surface area contributed by atoms with Gasteiger partial charge in [-0.15, -0.1) is 0 Å². The molecule has 1 saturated carbocycles. The van der Waals surface area contributed by atoms with E-state index in [-0.39, 0.29) is 5.92 Å². The Balaban J connectivity index is 2.50. The van der Waals surface area contributed by atoms with Crippen molar-refractivity contribution < 1.29 is 9.90 Å². The average molecular weight is 203 g/mol. The van der Waals surface area contributed by atoms with E-state index in [9.17, 15) is 4.79 Å². The van der Waals surface area contributed by atoms with Gasteiger partial charge in [-0.3, -0.25) is 4.79 Å². The minimum Gasteiger partial charge on any atom is -0.481 e. The fourth-order valence-electron chi connectivity index (χ4n) is 2.05. The normalized spacial score (nSPS) is 21.0. The van der Waals surface area contributed by atoms with Crippen molar-refractivity contribution in [3.05, 3.63) is 11.6 Å². The van der Waals surface area contributed by atoms with Gasteiger partial charge in [0.1, 0.15) is 0 Å². The highest BCUT2D eigenvalue weighted by molar-refractivity contribution is 6.25. The second-order valence-corrected chi connectivity index (χ2v) is 3.84. The van der Waals surface area contributed by atoms with Gasteiger partial charge in [0.05, 0.1) is 5.92 Å². The molecule has 0 aromatic rings. The lowest BCUT2D eigenvalue weighted by Gasteiger charge is -2.16. The summed E-state index contributed by atoms with van der Waals surface area (Å²) in [6.07, 6.45) is 6.79. The molecule has 1 aliphatic carbocycles. The standard InChI is InChI=1S/C10H15ClO2/c11-7-3-6-9(10(12)13)8-4-1-2-5-8/h3,7-9H,1-2,4-6H2,(H,12,13)/b7-3+. The van der Waals surface area contributed by atoms with Gasteiger partial charge in [0.2, 0.25) is 0 Å². The van der Waals surface area contributed by atoms with E-state index in [0.717, 1.165) is 12.8 Å². The Morgan fingerprint density at radius 1 is 1.54 bits per heavy atom. The summed E-state index contributed by atoms with van der Waals surface area (Å²) < 4.78 is 0. The molecular formula is C10H15ClO2. The van der Waals surface area contributed by atoms with Gasteiger partial charge in [0.15, 0.2) is 0 Å². The summed E-state index contributed by atoms with van der Waals surface area (Å²) in [7, 11) is 0. The van der Waals surface area contributed by atoms with Gasteiger partial charge in [0.25, 0.3) is 0 Å². The summed E-state index contributed by atoms with van der Waals surface area (Å²) in [5.41, 5.74) is 1.41. The Kier molecular flexibility index (Phi) is 4.29. The first-order valence-electron chi connectivity index (χ1n) is 4.73. The Labute approximate surface area is 83.6 Å². The second-order valence-electron chi connectivity index (χ2n) is 3.59. The number of carboxylic acid groups (broad SMARTS) is 1. The molecule has 0 radical (unpaired) electrons. The minimum absolute atomic E-state index is 0.225. The van der Waals surface area contributed by atoms with Crippen LogP contribution in [0.3, 0.4) is 0 Å². The summed E-state index contributed by atoms with van der Waals surface area (Å²) in [4.78, 5) is 10.9. The molecule has 0 saturated heterocycles. The van der Waals surface area contributed by atoms with E-state index in [1.165, 1.54) is 18.4 Å². The molecule has 1 N–H and O–H groups in total. The van der Waals surface area contributed by atoms with Crippen LogP contribution >= 0.6 is 11.6 Å². The molecule has 1 rings (SSSR count). The van der Waals surface area contributed by atoms with Crippen molar-refractivity contribution in [1.82, 2.24) is 0 Å². The first kappa shape index (κ1) is 10.6. The van der Waals surface area contributed by atoms with Crippen molar-refractivity contribution in [3.63, 3.8) is 0 Å². The van der Waals surface area contributed by atoms with Gasteiger partial charge in [-0.1, -0.05) is 30.5 Å². The number of aliphatic carboxylic acids is 1. The van der Waals surface area contributed by atoms with E-state index in [0.29, 0.717) is 12.3 Å². The van der Waals surface area contributed by atoms with Crippen molar-refractivity contribution in [1.29, 1.82) is 0 Å². The van der Waals surface area contributed by atoms with Crippen LogP contribution < -0.4 is 0 Å². The number of carboxylic acids is 1. The number of carbonyl (C=O) groups is 1. The van der Waals surface area contributed by atoms with Crippen LogP contribution in [0.2, 0.25) is 0 Å². The molecular weight excluding hydrogens is 188 g/mol. The van der Waals surface area contributed by atoms with E-state index < -0.39 is 5.97 Å². The van der Waals surface area contributed by atoms with Crippen LogP contribution in [0.1, 0.15) is 32.1 Å². The number of halogens is 1. The maximum Gasteiger partial charge on any atom is 0.307 e. The number of hydrogen-bond donors (Lipinski definition) is 1. The quantitative estimate of drug-likeness (QED) is 0.761. The maximum absolute atomic E-state index is 10.9. The zero-order valence-corrected chi connectivity index (χ0v) is 8.33. The van der Waals surface area contributed by atoms with Crippen molar-refractivity contribution in [3.8, 4) is 0 Å². The van der Waals surface area contributed by atoms with E-state index in [4.69, 9.17) is 16.7 Å². The SMILES string of the molecule is O=C(O)C(C/C=C/Cl)C1CCCC1. The molecule has 0 amide bonds. The molecule has 0 aromatic carbocycles. The minimum atomic E-state index is -0.679. The van der Waals surface area contributed by atoms with Gasteiger partial charge in [-0.25, -0.2) is 0 Å². The van der Waals surface area contributed by atoms with Gasteiger partial charge in [0, 0.05) is 5.54 Å². The van der Waals surface area contributed by atoms with Crippen LogP contribution in [0, 0.1) is 11.8 Å². The summed E-state index contributed by atoms with van der Waals surface area (Å²) in [5.74, 6) is -0.537. The van der Waals surface area contributed by atoms with Gasteiger partial charge in [-0.2, -0.15) is 0 Å². The van der Waals surface area contributed by atoms with Crippen LogP contribution in [0.15, 0.2) is 11.6 Å². The second kappa shape index (κ2) is 5.28. The molecule has 2 nitrogen and oxygen atoms in total. The molecule has 0 heterocycles. The smallest absolute Gasteiger partial charge is 0.307 e. The molecule has 13 heavy (non-hydrogen) atoms. The topological polar surface area (TPSA) is 37.3 Å². The van der Waals surface area contributed by atoms with Crippen molar-refractivity contribution >= 4 is 17.6 Å². The van der Waals surface area contributed by atoms with E-state index in [1.54, 1.807) is 6.08 Å². The van der Waals surface area contributed by atoms with Gasteiger partial charge < -0.3 is 5.11 Å². The summed E-state index contributed by atoms with van der Waals surface area (Å²) >= 11 is 5.38. The van der Waals surface area contributed by atoms with Gasteiger partial charge in [-0.05, 0) is 25.2 Å². The largest absolute Gasteiger partial charge is 0.481 e. The monoisotopic (exact) mass is 202 g/mol. The summed E-state index contributed by atoms with van der Waals surface area (Å²) in [5, 5.41) is 8.98. The van der Waals surface area contributed by atoms with Crippen LogP contribution in [0.25, 0.3) is 0 Å². The Morgan fingerprint density at radius 3 is 2.62 bits per heavy atom. The Hall–Kier alpha value is -0.500. The van der Waals surface area contributed by atoms with Crippen molar-refractivity contribution in [2.24, 2.45) is 11.8 Å². The molecule has 0 bridgehead atoms. The van der Waals surface area contributed by atoms with Crippen LogP contribution in [0.4, 0.5) is 0 Å². The highest BCUT2D eigenvalue weighted by atomic mass is 35.5. The first-order chi connectivity index (χ1) is 6.25. The fraction of sp³-hybridized carbons (Fsp3) is 0.700. The van der Waals surface area contributed by atoms with E-state index in [1.807, 2.05) is 0 Å². The molecule has 0 aliphatic heterocycles. The van der Waals surface area contributed by atoms with Crippen LogP contribution in [0.5, 0.6) is 0 Å². The molecule has 3 heteroatoms. The van der Waals surface area contributed by atoms with E-state index in [2.05, 4.69) is 0 Å². The Morgan fingerprint density at radius 2 is 2.15 bits per heavy atom. The first-order valence-corrected chi connectivity index (χ1v) is 5.17. The van der Waals surface area contributed by atoms with E-state index >= 15 is 0 Å². The number of allylic oxidation sites excluding steroid dienone is 1. The summed E-state index contributed by atoms with van der Waals surface area (Å²) in [6.45, 7) is 0. The molecule has 1 fully saturated rings. The molecule has 0 aromatic heterocycles. The fourth-order valence-corrected chi connectivity index (χ4v) is 2.16.